The van der Waals surface area contributed by atoms with Crippen molar-refractivity contribution in [3.63, 3.8) is 0 Å². The Kier molecular flexibility index (Phi) is 4.67. The van der Waals surface area contributed by atoms with Crippen molar-refractivity contribution in [3.05, 3.63) is 16.8 Å². The molecular formula is C11H16N4O. The summed E-state index contributed by atoms with van der Waals surface area (Å²) in [4.78, 5) is 0. The first-order valence-electron chi connectivity index (χ1n) is 5.17. The zero-order valence-corrected chi connectivity index (χ0v) is 9.87. The maximum Gasteiger partial charge on any atom is 0.166 e. The molecule has 0 aliphatic rings. The Labute approximate surface area is 95.4 Å². The van der Waals surface area contributed by atoms with E-state index in [9.17, 15) is 0 Å². The number of nitrogens with one attached hydrogen (secondary N) is 1. The summed E-state index contributed by atoms with van der Waals surface area (Å²) >= 11 is 0. The summed E-state index contributed by atoms with van der Waals surface area (Å²) in [5.41, 5.74) is 2.25. The summed E-state index contributed by atoms with van der Waals surface area (Å²) < 4.78 is 4.94. The SMILES string of the molecule is COCCCNc1nnc(C)c(C)c1C#N. The molecule has 1 aromatic heterocycles. The number of aryl methyl sites for hydroxylation is 1. The third-order valence-corrected chi connectivity index (χ3v) is 2.38. The minimum Gasteiger partial charge on any atom is -0.385 e. The molecule has 1 N–H and O–H groups in total. The van der Waals surface area contributed by atoms with Crippen LogP contribution in [0, 0.1) is 25.2 Å². The van der Waals surface area contributed by atoms with Gasteiger partial charge in [-0.25, -0.2) is 0 Å². The van der Waals surface area contributed by atoms with Crippen LogP contribution in [0.2, 0.25) is 0 Å². The molecule has 0 aromatic carbocycles. The summed E-state index contributed by atoms with van der Waals surface area (Å²) in [6.07, 6.45) is 0.871. The first-order valence-corrected chi connectivity index (χ1v) is 5.17. The van der Waals surface area contributed by atoms with E-state index in [2.05, 4.69) is 21.6 Å². The van der Waals surface area contributed by atoms with Crippen LogP contribution in [0.3, 0.4) is 0 Å². The third-order valence-electron chi connectivity index (χ3n) is 2.38. The summed E-state index contributed by atoms with van der Waals surface area (Å²) in [6.45, 7) is 5.13. The summed E-state index contributed by atoms with van der Waals surface area (Å²) in [5, 5.41) is 20.1. The van der Waals surface area contributed by atoms with E-state index in [-0.39, 0.29) is 0 Å². The third kappa shape index (κ3) is 2.91. The molecule has 16 heavy (non-hydrogen) atoms. The second-order valence-electron chi connectivity index (χ2n) is 3.52. The fourth-order valence-corrected chi connectivity index (χ4v) is 1.29. The van der Waals surface area contributed by atoms with Crippen molar-refractivity contribution in [2.75, 3.05) is 25.6 Å². The van der Waals surface area contributed by atoms with Crippen LogP contribution >= 0.6 is 0 Å². The Morgan fingerprint density at radius 2 is 2.12 bits per heavy atom. The number of anilines is 1. The van der Waals surface area contributed by atoms with E-state index in [1.165, 1.54) is 0 Å². The van der Waals surface area contributed by atoms with Gasteiger partial charge in [-0.1, -0.05) is 0 Å². The minimum absolute atomic E-state index is 0.557. The molecule has 5 heteroatoms. The number of ether oxygens (including phenoxy) is 1. The molecule has 0 bridgehead atoms. The smallest absolute Gasteiger partial charge is 0.166 e. The van der Waals surface area contributed by atoms with Gasteiger partial charge in [0.25, 0.3) is 0 Å². The molecule has 0 aliphatic heterocycles. The van der Waals surface area contributed by atoms with Crippen molar-refractivity contribution in [1.29, 1.82) is 5.26 Å². The molecule has 0 saturated carbocycles. The van der Waals surface area contributed by atoms with Gasteiger partial charge in [-0.3, -0.25) is 0 Å². The van der Waals surface area contributed by atoms with Crippen molar-refractivity contribution >= 4 is 5.82 Å². The van der Waals surface area contributed by atoms with Gasteiger partial charge in [0.05, 0.1) is 5.69 Å². The molecule has 1 heterocycles. The monoisotopic (exact) mass is 220 g/mol. The van der Waals surface area contributed by atoms with Crippen molar-refractivity contribution in [2.45, 2.75) is 20.3 Å². The Balaban J connectivity index is 2.73. The number of nitrogens with zero attached hydrogens (tertiary/aromatic N) is 3. The molecule has 86 valence electrons. The van der Waals surface area contributed by atoms with E-state index in [0.717, 1.165) is 24.2 Å². The van der Waals surface area contributed by atoms with E-state index in [1.54, 1.807) is 7.11 Å². The number of nitriles is 1. The molecule has 0 radical (unpaired) electrons. The first kappa shape index (κ1) is 12.4. The molecule has 0 fully saturated rings. The normalized spacial score (nSPS) is 9.88. The van der Waals surface area contributed by atoms with Crippen LogP contribution in [-0.4, -0.2) is 30.5 Å². The highest BCUT2D eigenvalue weighted by Crippen LogP contribution is 2.16. The van der Waals surface area contributed by atoms with Crippen LogP contribution < -0.4 is 5.32 Å². The Morgan fingerprint density at radius 3 is 2.75 bits per heavy atom. The summed E-state index contributed by atoms with van der Waals surface area (Å²) in [7, 11) is 1.66. The van der Waals surface area contributed by atoms with Crippen molar-refractivity contribution in [2.24, 2.45) is 0 Å². The lowest BCUT2D eigenvalue weighted by atomic mass is 10.1. The average Bonchev–Trinajstić information content (AvgIpc) is 2.29. The summed E-state index contributed by atoms with van der Waals surface area (Å²) in [6, 6.07) is 2.15. The maximum absolute atomic E-state index is 9.04. The predicted molar refractivity (Wildman–Crippen MR) is 61.2 cm³/mol. The van der Waals surface area contributed by atoms with Crippen molar-refractivity contribution in [1.82, 2.24) is 10.2 Å². The quantitative estimate of drug-likeness (QED) is 0.760. The van der Waals surface area contributed by atoms with E-state index < -0.39 is 0 Å². The Hall–Kier alpha value is -1.67. The minimum atomic E-state index is 0.557. The van der Waals surface area contributed by atoms with Gasteiger partial charge in [0, 0.05) is 20.3 Å². The molecule has 1 aromatic rings. The zero-order valence-electron chi connectivity index (χ0n) is 9.87. The van der Waals surface area contributed by atoms with Gasteiger partial charge in [-0.05, 0) is 25.8 Å². The molecule has 0 amide bonds. The van der Waals surface area contributed by atoms with Crippen LogP contribution in [0.1, 0.15) is 23.2 Å². The van der Waals surface area contributed by atoms with E-state index in [4.69, 9.17) is 10.00 Å². The molecule has 0 saturated heterocycles. The zero-order chi connectivity index (χ0) is 12.0. The largest absolute Gasteiger partial charge is 0.385 e. The summed E-state index contributed by atoms with van der Waals surface area (Å²) in [5.74, 6) is 0.557. The van der Waals surface area contributed by atoms with Gasteiger partial charge in [-0.15, -0.1) is 5.10 Å². The van der Waals surface area contributed by atoms with Crippen LogP contribution in [0.5, 0.6) is 0 Å². The van der Waals surface area contributed by atoms with Gasteiger partial charge in [0.2, 0.25) is 0 Å². The Morgan fingerprint density at radius 1 is 1.38 bits per heavy atom. The van der Waals surface area contributed by atoms with Crippen LogP contribution in [-0.2, 0) is 4.74 Å². The van der Waals surface area contributed by atoms with Gasteiger partial charge in [0.15, 0.2) is 5.82 Å². The van der Waals surface area contributed by atoms with Gasteiger partial charge in [0.1, 0.15) is 11.6 Å². The van der Waals surface area contributed by atoms with E-state index in [0.29, 0.717) is 18.0 Å². The number of aromatic nitrogens is 2. The molecule has 0 spiro atoms. The van der Waals surface area contributed by atoms with Crippen LogP contribution in [0.25, 0.3) is 0 Å². The number of methoxy groups -OCH3 is 1. The molecule has 5 nitrogen and oxygen atoms in total. The standard InChI is InChI=1S/C11H16N4O/c1-8-9(2)14-15-11(10(8)7-12)13-5-4-6-16-3/h4-6H2,1-3H3,(H,13,15). The number of rotatable bonds is 5. The highest BCUT2D eigenvalue weighted by molar-refractivity contribution is 5.55. The molecular weight excluding hydrogens is 204 g/mol. The lowest BCUT2D eigenvalue weighted by Crippen LogP contribution is -2.10. The molecule has 1 rings (SSSR count). The Bertz CT molecular complexity index is 398. The second-order valence-corrected chi connectivity index (χ2v) is 3.52. The number of hydrogen-bond donors (Lipinski definition) is 1. The number of hydrogen-bond acceptors (Lipinski definition) is 5. The van der Waals surface area contributed by atoms with Crippen molar-refractivity contribution in [3.8, 4) is 6.07 Å². The van der Waals surface area contributed by atoms with Crippen molar-refractivity contribution < 1.29 is 4.74 Å². The highest BCUT2D eigenvalue weighted by atomic mass is 16.5. The fraction of sp³-hybridized carbons (Fsp3) is 0.545. The van der Waals surface area contributed by atoms with Crippen LogP contribution in [0.15, 0.2) is 0 Å². The van der Waals surface area contributed by atoms with Gasteiger partial charge >= 0.3 is 0 Å². The highest BCUT2D eigenvalue weighted by Gasteiger charge is 2.09. The van der Waals surface area contributed by atoms with E-state index in [1.807, 2.05) is 13.8 Å². The lowest BCUT2D eigenvalue weighted by molar-refractivity contribution is 0.197. The second kappa shape index (κ2) is 6.03. The first-order chi connectivity index (χ1) is 7.70. The topological polar surface area (TPSA) is 70.8 Å². The molecule has 0 aliphatic carbocycles. The maximum atomic E-state index is 9.04. The average molecular weight is 220 g/mol. The predicted octanol–water partition coefficient (Wildman–Crippen LogP) is 1.41. The molecule has 0 atom stereocenters. The molecule has 0 unspecified atom stereocenters. The fourth-order valence-electron chi connectivity index (χ4n) is 1.29. The van der Waals surface area contributed by atoms with Crippen LogP contribution in [0.4, 0.5) is 5.82 Å². The van der Waals surface area contributed by atoms with Gasteiger partial charge in [-0.2, -0.15) is 10.4 Å². The van der Waals surface area contributed by atoms with Gasteiger partial charge < -0.3 is 10.1 Å². The lowest BCUT2D eigenvalue weighted by Gasteiger charge is -2.08. The van der Waals surface area contributed by atoms with E-state index >= 15 is 0 Å².